The van der Waals surface area contributed by atoms with Gasteiger partial charge in [-0.15, -0.1) is 13.2 Å². The SMILES string of the molecule is C=CC(CCCCCCCC)C(C)(C)OC(C)(C)C(C=C)CCCCCCCC. The molecular weight excluding hydrogens is 352 g/mol. The molecule has 0 aliphatic rings. The Balaban J connectivity index is 4.57. The molecule has 1 nitrogen and oxygen atoms in total. The van der Waals surface area contributed by atoms with E-state index in [0.717, 1.165) is 0 Å². The minimum absolute atomic E-state index is 0.197. The van der Waals surface area contributed by atoms with E-state index < -0.39 is 0 Å². The number of hydrogen-bond donors (Lipinski definition) is 0. The lowest BCUT2D eigenvalue weighted by Gasteiger charge is -2.43. The van der Waals surface area contributed by atoms with Crippen molar-refractivity contribution in [2.24, 2.45) is 11.8 Å². The molecule has 0 aliphatic heterocycles. The molecule has 0 amide bonds. The molecule has 0 saturated carbocycles. The van der Waals surface area contributed by atoms with Gasteiger partial charge in [-0.3, -0.25) is 0 Å². The molecule has 0 fully saturated rings. The number of hydrogen-bond acceptors (Lipinski definition) is 1. The molecule has 0 N–H and O–H groups in total. The highest BCUT2D eigenvalue weighted by molar-refractivity contribution is 4.97. The Morgan fingerprint density at radius 1 is 0.586 bits per heavy atom. The van der Waals surface area contributed by atoms with Crippen LogP contribution in [0.3, 0.4) is 0 Å². The molecule has 2 unspecified atom stereocenters. The minimum atomic E-state index is -0.197. The first-order valence-corrected chi connectivity index (χ1v) is 12.7. The van der Waals surface area contributed by atoms with Gasteiger partial charge < -0.3 is 4.74 Å². The zero-order chi connectivity index (χ0) is 22.2. The van der Waals surface area contributed by atoms with Crippen LogP contribution >= 0.6 is 0 Å². The highest BCUT2D eigenvalue weighted by atomic mass is 16.5. The quantitative estimate of drug-likeness (QED) is 0.144. The van der Waals surface area contributed by atoms with Crippen molar-refractivity contribution in [3.63, 3.8) is 0 Å². The smallest absolute Gasteiger partial charge is 0.0696 e. The molecule has 0 bridgehead atoms. The fourth-order valence-corrected chi connectivity index (χ4v) is 4.62. The minimum Gasteiger partial charge on any atom is -0.368 e. The lowest BCUT2D eigenvalue weighted by Crippen LogP contribution is -2.45. The first-order chi connectivity index (χ1) is 13.7. The second kappa shape index (κ2) is 16.2. The van der Waals surface area contributed by atoms with E-state index in [-0.39, 0.29) is 11.2 Å². The van der Waals surface area contributed by atoms with Crippen LogP contribution in [0.15, 0.2) is 25.3 Å². The molecule has 0 radical (unpaired) electrons. The van der Waals surface area contributed by atoms with Gasteiger partial charge in [-0.2, -0.15) is 0 Å². The van der Waals surface area contributed by atoms with Gasteiger partial charge in [0.1, 0.15) is 0 Å². The van der Waals surface area contributed by atoms with Crippen LogP contribution < -0.4 is 0 Å². The van der Waals surface area contributed by atoms with E-state index >= 15 is 0 Å². The fourth-order valence-electron chi connectivity index (χ4n) is 4.62. The lowest BCUT2D eigenvalue weighted by molar-refractivity contribution is -0.160. The van der Waals surface area contributed by atoms with E-state index in [1.807, 2.05) is 0 Å². The van der Waals surface area contributed by atoms with Crippen molar-refractivity contribution in [3.8, 4) is 0 Å². The van der Waals surface area contributed by atoms with Gasteiger partial charge in [-0.05, 0) is 40.5 Å². The van der Waals surface area contributed by atoms with Gasteiger partial charge in [-0.25, -0.2) is 0 Å². The standard InChI is InChI=1S/C28H54O/c1-9-13-15-17-19-21-23-25(11-3)27(5,6)29-28(7,8)26(12-4)24-22-20-18-16-14-10-2/h11-12,25-26H,3-4,9-10,13-24H2,1-2,5-8H3. The van der Waals surface area contributed by atoms with Crippen molar-refractivity contribution in [1.29, 1.82) is 0 Å². The van der Waals surface area contributed by atoms with E-state index in [0.29, 0.717) is 11.8 Å². The van der Waals surface area contributed by atoms with E-state index in [9.17, 15) is 0 Å². The largest absolute Gasteiger partial charge is 0.368 e. The second-order valence-electron chi connectivity index (χ2n) is 10.1. The molecule has 0 aromatic heterocycles. The summed E-state index contributed by atoms with van der Waals surface area (Å²) >= 11 is 0. The van der Waals surface area contributed by atoms with Crippen molar-refractivity contribution in [2.75, 3.05) is 0 Å². The molecule has 172 valence electrons. The molecule has 0 aliphatic carbocycles. The normalized spacial score (nSPS) is 14.6. The first-order valence-electron chi connectivity index (χ1n) is 12.7. The van der Waals surface area contributed by atoms with Gasteiger partial charge in [0.15, 0.2) is 0 Å². The summed E-state index contributed by atoms with van der Waals surface area (Å²) in [6, 6.07) is 0. The van der Waals surface area contributed by atoms with Crippen LogP contribution in [-0.2, 0) is 4.74 Å². The van der Waals surface area contributed by atoms with Crippen LogP contribution in [0.1, 0.15) is 131 Å². The Kier molecular flexibility index (Phi) is 15.9. The van der Waals surface area contributed by atoms with Crippen LogP contribution in [0.4, 0.5) is 0 Å². The maximum absolute atomic E-state index is 6.78. The van der Waals surface area contributed by atoms with Gasteiger partial charge in [0.2, 0.25) is 0 Å². The number of rotatable bonds is 20. The lowest BCUT2D eigenvalue weighted by atomic mass is 9.82. The highest BCUT2D eigenvalue weighted by Crippen LogP contribution is 2.37. The van der Waals surface area contributed by atoms with Gasteiger partial charge in [0.05, 0.1) is 11.2 Å². The molecule has 1 heteroatoms. The Morgan fingerprint density at radius 3 is 1.21 bits per heavy atom. The number of ether oxygens (including phenoxy) is 1. The molecule has 29 heavy (non-hydrogen) atoms. The second-order valence-corrected chi connectivity index (χ2v) is 10.1. The molecule has 0 spiro atoms. The highest BCUT2D eigenvalue weighted by Gasteiger charge is 2.37. The van der Waals surface area contributed by atoms with Gasteiger partial charge >= 0.3 is 0 Å². The average Bonchev–Trinajstić information content (AvgIpc) is 2.65. The Labute approximate surface area is 184 Å². The summed E-state index contributed by atoms with van der Waals surface area (Å²) in [5, 5.41) is 0. The molecule has 0 aromatic rings. The Hall–Kier alpha value is -0.560. The third-order valence-electron chi connectivity index (χ3n) is 6.62. The van der Waals surface area contributed by atoms with Crippen LogP contribution in [0.25, 0.3) is 0 Å². The van der Waals surface area contributed by atoms with Crippen molar-refractivity contribution in [3.05, 3.63) is 25.3 Å². The van der Waals surface area contributed by atoms with Crippen molar-refractivity contribution < 1.29 is 4.74 Å². The van der Waals surface area contributed by atoms with Gasteiger partial charge in [-0.1, -0.05) is 103 Å². The average molecular weight is 407 g/mol. The molecular formula is C28H54O. The third kappa shape index (κ3) is 12.7. The topological polar surface area (TPSA) is 9.23 Å². The number of unbranched alkanes of at least 4 members (excludes halogenated alkanes) is 10. The molecule has 0 rings (SSSR count). The fraction of sp³-hybridized carbons (Fsp3) is 0.857. The summed E-state index contributed by atoms with van der Waals surface area (Å²) in [6.45, 7) is 21.8. The van der Waals surface area contributed by atoms with Crippen LogP contribution in [0.2, 0.25) is 0 Å². The van der Waals surface area contributed by atoms with Gasteiger partial charge in [0.25, 0.3) is 0 Å². The van der Waals surface area contributed by atoms with Crippen molar-refractivity contribution in [2.45, 2.75) is 143 Å². The van der Waals surface area contributed by atoms with Crippen molar-refractivity contribution >= 4 is 0 Å². The Bertz CT molecular complexity index is 369. The van der Waals surface area contributed by atoms with E-state index in [2.05, 4.69) is 66.9 Å². The first kappa shape index (κ1) is 28.4. The van der Waals surface area contributed by atoms with E-state index in [4.69, 9.17) is 4.74 Å². The molecule has 0 saturated heterocycles. The summed E-state index contributed by atoms with van der Waals surface area (Å²) in [7, 11) is 0. The maximum atomic E-state index is 6.78. The van der Waals surface area contributed by atoms with Gasteiger partial charge in [0, 0.05) is 11.8 Å². The van der Waals surface area contributed by atoms with E-state index in [1.165, 1.54) is 89.9 Å². The molecule has 2 atom stereocenters. The molecule has 0 heterocycles. The zero-order valence-electron chi connectivity index (χ0n) is 21.0. The zero-order valence-corrected chi connectivity index (χ0v) is 21.0. The summed E-state index contributed by atoms with van der Waals surface area (Å²) in [4.78, 5) is 0. The van der Waals surface area contributed by atoms with Crippen LogP contribution in [0, 0.1) is 11.8 Å². The maximum Gasteiger partial charge on any atom is 0.0696 e. The predicted octanol–water partition coefficient (Wildman–Crippen LogP) is 9.67. The molecule has 0 aromatic carbocycles. The third-order valence-corrected chi connectivity index (χ3v) is 6.62. The van der Waals surface area contributed by atoms with Crippen molar-refractivity contribution in [1.82, 2.24) is 0 Å². The summed E-state index contributed by atoms with van der Waals surface area (Å²) in [6.07, 6.45) is 22.7. The summed E-state index contributed by atoms with van der Waals surface area (Å²) in [5.74, 6) is 0.792. The van der Waals surface area contributed by atoms with Crippen LogP contribution in [-0.4, -0.2) is 11.2 Å². The van der Waals surface area contributed by atoms with Crippen LogP contribution in [0.5, 0.6) is 0 Å². The van der Waals surface area contributed by atoms with E-state index in [1.54, 1.807) is 0 Å². The Morgan fingerprint density at radius 2 is 0.897 bits per heavy atom. The summed E-state index contributed by atoms with van der Waals surface area (Å²) in [5.41, 5.74) is -0.395. The monoisotopic (exact) mass is 406 g/mol. The summed E-state index contributed by atoms with van der Waals surface area (Å²) < 4.78 is 6.78. The predicted molar refractivity (Wildman–Crippen MR) is 133 cm³/mol.